The molecular weight excluding hydrogens is 415 g/mol. The molecule has 31 heavy (non-hydrogen) atoms. The first kappa shape index (κ1) is 22.9. The lowest BCUT2D eigenvalue weighted by atomic mass is 10.1. The maximum absolute atomic E-state index is 14.0. The molecule has 2 aromatic carbocycles. The second-order valence-corrected chi connectivity index (χ2v) is 9.28. The van der Waals surface area contributed by atoms with E-state index in [-0.39, 0.29) is 11.9 Å². The number of halogens is 1. The van der Waals surface area contributed by atoms with Gasteiger partial charge in [0.15, 0.2) is 0 Å². The second-order valence-electron chi connectivity index (χ2n) is 8.42. The average Bonchev–Trinajstić information content (AvgIpc) is 2.72. The predicted molar refractivity (Wildman–Crippen MR) is 124 cm³/mol. The molecule has 1 N–H and O–H groups in total. The number of piperazine rings is 1. The van der Waals surface area contributed by atoms with Gasteiger partial charge in [-0.05, 0) is 58.0 Å². The molecule has 0 spiro atoms. The van der Waals surface area contributed by atoms with Gasteiger partial charge in [0.2, 0.25) is 0 Å². The molecule has 8 heteroatoms. The molecule has 1 aliphatic rings. The summed E-state index contributed by atoms with van der Waals surface area (Å²) in [7, 11) is 0. The Morgan fingerprint density at radius 1 is 1.13 bits per heavy atom. The van der Waals surface area contributed by atoms with E-state index in [4.69, 9.17) is 4.74 Å². The first-order chi connectivity index (χ1) is 14.7. The van der Waals surface area contributed by atoms with Crippen LogP contribution in [0.4, 0.5) is 14.9 Å². The number of anilines is 1. The molecule has 0 aliphatic carbocycles. The van der Waals surface area contributed by atoms with Crippen molar-refractivity contribution in [1.82, 2.24) is 9.73 Å². The summed E-state index contributed by atoms with van der Waals surface area (Å²) in [6.45, 7) is 9.82. The molecule has 1 fully saturated rings. The summed E-state index contributed by atoms with van der Waals surface area (Å²) < 4.78 is 19.4. The van der Waals surface area contributed by atoms with E-state index in [9.17, 15) is 9.18 Å². The van der Waals surface area contributed by atoms with Crippen LogP contribution in [0.3, 0.4) is 0 Å². The van der Waals surface area contributed by atoms with Crippen molar-refractivity contribution in [2.45, 2.75) is 38.2 Å². The highest BCUT2D eigenvalue weighted by molar-refractivity contribution is 7.97. The van der Waals surface area contributed by atoms with Crippen LogP contribution >= 0.6 is 11.9 Å². The number of hydrogen-bond donors (Lipinski definition) is 1. The third-order valence-corrected chi connectivity index (χ3v) is 5.41. The highest BCUT2D eigenvalue weighted by Crippen LogP contribution is 2.23. The summed E-state index contributed by atoms with van der Waals surface area (Å²) in [5, 5.41) is 4.28. The van der Waals surface area contributed by atoms with Crippen LogP contribution in [0, 0.1) is 12.7 Å². The molecule has 1 saturated heterocycles. The summed E-state index contributed by atoms with van der Waals surface area (Å²) in [6.07, 6.45) is 1.38. The van der Waals surface area contributed by atoms with Crippen LogP contribution in [-0.4, -0.2) is 49.0 Å². The predicted octanol–water partition coefficient (Wildman–Crippen LogP) is 4.82. The molecule has 166 valence electrons. The van der Waals surface area contributed by atoms with Crippen LogP contribution in [0.5, 0.6) is 0 Å². The molecule has 0 radical (unpaired) electrons. The molecule has 0 atom stereocenters. The van der Waals surface area contributed by atoms with E-state index in [0.717, 1.165) is 16.1 Å². The van der Waals surface area contributed by atoms with E-state index >= 15 is 0 Å². The minimum absolute atomic E-state index is 0.302. The van der Waals surface area contributed by atoms with Gasteiger partial charge in [-0.25, -0.2) is 14.0 Å². The smallest absolute Gasteiger partial charge is 0.410 e. The van der Waals surface area contributed by atoms with Crippen molar-refractivity contribution in [3.63, 3.8) is 0 Å². The van der Waals surface area contributed by atoms with Crippen molar-refractivity contribution in [3.05, 3.63) is 59.4 Å². The summed E-state index contributed by atoms with van der Waals surface area (Å²) in [4.78, 5) is 20.1. The van der Waals surface area contributed by atoms with E-state index in [2.05, 4.69) is 14.8 Å². The van der Waals surface area contributed by atoms with Crippen LogP contribution in [0.25, 0.3) is 0 Å². The highest BCUT2D eigenvalue weighted by Gasteiger charge is 2.26. The number of hydrazone groups is 1. The lowest BCUT2D eigenvalue weighted by Gasteiger charge is -2.37. The van der Waals surface area contributed by atoms with Gasteiger partial charge in [-0.3, -0.25) is 0 Å². The lowest BCUT2D eigenvalue weighted by molar-refractivity contribution is 0.0240. The molecule has 0 saturated carbocycles. The standard InChI is InChI=1S/C23H29FN4O2S/c1-17-5-9-20(10-6-17)31-26-25-16-18-7-8-19(24)15-21(18)27-11-13-28(14-12-27)22(29)30-23(2,3)4/h5-10,15-16,26H,11-14H2,1-4H3/b25-16+. The molecule has 6 nitrogen and oxygen atoms in total. The van der Waals surface area contributed by atoms with E-state index in [0.29, 0.717) is 26.2 Å². The SMILES string of the molecule is Cc1ccc(SN/N=C/c2ccc(F)cc2N2CCN(C(=O)OC(C)(C)C)CC2)cc1. The molecular formula is C23H29FN4O2S. The number of rotatable bonds is 5. The summed E-state index contributed by atoms with van der Waals surface area (Å²) in [5.41, 5.74) is 2.25. The number of benzene rings is 2. The van der Waals surface area contributed by atoms with E-state index in [1.165, 1.54) is 29.6 Å². The quantitative estimate of drug-likeness (QED) is 0.407. The van der Waals surface area contributed by atoms with E-state index in [1.54, 1.807) is 17.2 Å². The maximum Gasteiger partial charge on any atom is 0.410 e. The van der Waals surface area contributed by atoms with E-state index in [1.807, 2.05) is 52.0 Å². The number of ether oxygens (including phenoxy) is 1. The Labute approximate surface area is 187 Å². The van der Waals surface area contributed by atoms with Crippen molar-refractivity contribution >= 4 is 29.9 Å². The summed E-state index contributed by atoms with van der Waals surface area (Å²) >= 11 is 1.41. The van der Waals surface area contributed by atoms with Gasteiger partial charge in [-0.15, -0.1) is 0 Å². The van der Waals surface area contributed by atoms with Gasteiger partial charge in [-0.2, -0.15) is 5.10 Å². The Balaban J connectivity index is 1.61. The first-order valence-electron chi connectivity index (χ1n) is 10.3. The minimum atomic E-state index is -0.524. The molecule has 3 rings (SSSR count). The molecule has 0 aromatic heterocycles. The van der Waals surface area contributed by atoms with Crippen molar-refractivity contribution in [1.29, 1.82) is 0 Å². The third kappa shape index (κ3) is 6.89. The van der Waals surface area contributed by atoms with Gasteiger partial charge in [-0.1, -0.05) is 17.7 Å². The van der Waals surface area contributed by atoms with Crippen molar-refractivity contribution in [2.24, 2.45) is 5.10 Å². The Morgan fingerprint density at radius 2 is 1.81 bits per heavy atom. The zero-order chi connectivity index (χ0) is 22.4. The van der Waals surface area contributed by atoms with Gasteiger partial charge in [0.05, 0.1) is 6.21 Å². The Hall–Kier alpha value is -2.74. The Kier molecular flexibility index (Phi) is 7.43. The van der Waals surface area contributed by atoms with Crippen molar-refractivity contribution in [2.75, 3.05) is 31.1 Å². The van der Waals surface area contributed by atoms with Crippen LogP contribution in [-0.2, 0) is 4.74 Å². The number of nitrogens with one attached hydrogen (secondary N) is 1. The normalized spacial score (nSPS) is 14.7. The van der Waals surface area contributed by atoms with Crippen LogP contribution in [0.1, 0.15) is 31.9 Å². The van der Waals surface area contributed by atoms with Gasteiger partial charge < -0.3 is 14.5 Å². The van der Waals surface area contributed by atoms with Crippen LogP contribution < -0.4 is 9.73 Å². The number of amides is 1. The molecule has 2 aromatic rings. The fourth-order valence-corrected chi connectivity index (χ4v) is 3.62. The van der Waals surface area contributed by atoms with Crippen molar-refractivity contribution in [3.8, 4) is 0 Å². The minimum Gasteiger partial charge on any atom is -0.444 e. The monoisotopic (exact) mass is 444 g/mol. The fraction of sp³-hybridized carbons (Fsp3) is 0.391. The topological polar surface area (TPSA) is 57.2 Å². The van der Waals surface area contributed by atoms with Gasteiger partial charge in [0.1, 0.15) is 11.4 Å². The zero-order valence-electron chi connectivity index (χ0n) is 18.4. The number of carbonyl (C=O) groups is 1. The molecule has 0 bridgehead atoms. The fourth-order valence-electron chi connectivity index (χ4n) is 3.14. The summed E-state index contributed by atoms with van der Waals surface area (Å²) in [6, 6.07) is 12.8. The molecule has 1 aliphatic heterocycles. The zero-order valence-corrected chi connectivity index (χ0v) is 19.2. The maximum atomic E-state index is 14.0. The number of carbonyl (C=O) groups excluding carboxylic acids is 1. The Bertz CT molecular complexity index is 920. The largest absolute Gasteiger partial charge is 0.444 e. The van der Waals surface area contributed by atoms with Gasteiger partial charge in [0.25, 0.3) is 0 Å². The Morgan fingerprint density at radius 3 is 2.45 bits per heavy atom. The number of hydrogen-bond acceptors (Lipinski definition) is 6. The first-order valence-corrected chi connectivity index (χ1v) is 11.1. The van der Waals surface area contributed by atoms with Gasteiger partial charge >= 0.3 is 6.09 Å². The second kappa shape index (κ2) is 10.0. The van der Waals surface area contributed by atoms with Crippen LogP contribution in [0.15, 0.2) is 52.5 Å². The average molecular weight is 445 g/mol. The molecule has 1 amide bonds. The molecule has 1 heterocycles. The lowest BCUT2D eigenvalue weighted by Crippen LogP contribution is -2.50. The highest BCUT2D eigenvalue weighted by atomic mass is 32.2. The molecule has 0 unspecified atom stereocenters. The number of nitrogens with zero attached hydrogens (tertiary/aromatic N) is 3. The number of aryl methyl sites for hydroxylation is 1. The van der Waals surface area contributed by atoms with Crippen molar-refractivity contribution < 1.29 is 13.9 Å². The van der Waals surface area contributed by atoms with Gasteiger partial charge in [0, 0.05) is 54.3 Å². The third-order valence-electron chi connectivity index (χ3n) is 4.71. The van der Waals surface area contributed by atoms with E-state index < -0.39 is 5.60 Å². The summed E-state index contributed by atoms with van der Waals surface area (Å²) in [5.74, 6) is -0.302. The van der Waals surface area contributed by atoms with Crippen LogP contribution in [0.2, 0.25) is 0 Å².